The third-order valence-corrected chi connectivity index (χ3v) is 3.57. The summed E-state index contributed by atoms with van der Waals surface area (Å²) in [6, 6.07) is 0. The van der Waals surface area contributed by atoms with E-state index < -0.39 is 5.41 Å². The van der Waals surface area contributed by atoms with E-state index in [2.05, 4.69) is 12.0 Å². The standard InChI is InChI=1S/C13H23N3O/c1-4-7-16-9-11(8-15-16)12(17)13(5-2,6-3)10-14/h8-9H,4-7,10,14H2,1-3H3. The number of carbonyl (C=O) groups excluding carboxylic acids is 1. The van der Waals surface area contributed by atoms with Crippen molar-refractivity contribution >= 4 is 5.78 Å². The van der Waals surface area contributed by atoms with Crippen LogP contribution in [-0.4, -0.2) is 22.1 Å². The molecule has 0 fully saturated rings. The lowest BCUT2D eigenvalue weighted by molar-refractivity contribution is 0.0787. The zero-order valence-electron chi connectivity index (χ0n) is 11.1. The number of hydrogen-bond donors (Lipinski definition) is 1. The average molecular weight is 237 g/mol. The first-order valence-corrected chi connectivity index (χ1v) is 6.40. The largest absolute Gasteiger partial charge is 0.329 e. The Hall–Kier alpha value is -1.16. The van der Waals surface area contributed by atoms with E-state index in [1.54, 1.807) is 6.20 Å². The molecular weight excluding hydrogens is 214 g/mol. The molecule has 1 aromatic rings. The van der Waals surface area contributed by atoms with Crippen LogP contribution in [-0.2, 0) is 6.54 Å². The van der Waals surface area contributed by atoms with E-state index in [0.29, 0.717) is 12.1 Å². The van der Waals surface area contributed by atoms with Crippen LogP contribution in [0.4, 0.5) is 0 Å². The highest BCUT2D eigenvalue weighted by molar-refractivity contribution is 6.00. The van der Waals surface area contributed by atoms with E-state index in [1.807, 2.05) is 24.7 Å². The van der Waals surface area contributed by atoms with Gasteiger partial charge in [0.25, 0.3) is 0 Å². The third-order valence-electron chi connectivity index (χ3n) is 3.57. The summed E-state index contributed by atoms with van der Waals surface area (Å²) in [6.07, 6.45) is 6.06. The van der Waals surface area contributed by atoms with Crippen molar-refractivity contribution in [1.29, 1.82) is 0 Å². The van der Waals surface area contributed by atoms with Crippen LogP contribution in [0.3, 0.4) is 0 Å². The fraction of sp³-hybridized carbons (Fsp3) is 0.692. The molecule has 1 heterocycles. The molecular formula is C13H23N3O. The van der Waals surface area contributed by atoms with Crippen molar-refractivity contribution in [2.75, 3.05) is 6.54 Å². The number of aromatic nitrogens is 2. The highest BCUT2D eigenvalue weighted by atomic mass is 16.1. The maximum Gasteiger partial charge on any atom is 0.173 e. The smallest absolute Gasteiger partial charge is 0.173 e. The molecule has 17 heavy (non-hydrogen) atoms. The van der Waals surface area contributed by atoms with Crippen molar-refractivity contribution in [1.82, 2.24) is 9.78 Å². The normalized spacial score (nSPS) is 11.8. The molecule has 1 aromatic heterocycles. The van der Waals surface area contributed by atoms with E-state index >= 15 is 0 Å². The molecule has 4 nitrogen and oxygen atoms in total. The van der Waals surface area contributed by atoms with Crippen LogP contribution in [0.15, 0.2) is 12.4 Å². The lowest BCUT2D eigenvalue weighted by Crippen LogP contribution is -2.37. The van der Waals surface area contributed by atoms with Crippen molar-refractivity contribution in [2.24, 2.45) is 11.1 Å². The Morgan fingerprint density at radius 1 is 1.41 bits per heavy atom. The van der Waals surface area contributed by atoms with E-state index in [4.69, 9.17) is 5.73 Å². The van der Waals surface area contributed by atoms with Gasteiger partial charge in [0.2, 0.25) is 0 Å². The van der Waals surface area contributed by atoms with Crippen molar-refractivity contribution in [3.8, 4) is 0 Å². The summed E-state index contributed by atoms with van der Waals surface area (Å²) in [7, 11) is 0. The summed E-state index contributed by atoms with van der Waals surface area (Å²) >= 11 is 0. The molecule has 0 spiro atoms. The van der Waals surface area contributed by atoms with E-state index in [-0.39, 0.29) is 5.78 Å². The van der Waals surface area contributed by atoms with Crippen molar-refractivity contribution in [3.63, 3.8) is 0 Å². The van der Waals surface area contributed by atoms with Gasteiger partial charge in [-0.05, 0) is 19.3 Å². The summed E-state index contributed by atoms with van der Waals surface area (Å²) in [6.45, 7) is 7.37. The SMILES string of the molecule is CCCn1cc(C(=O)C(CC)(CC)CN)cn1. The Morgan fingerprint density at radius 3 is 2.53 bits per heavy atom. The monoisotopic (exact) mass is 237 g/mol. The number of nitrogens with two attached hydrogens (primary N) is 1. The van der Waals surface area contributed by atoms with Crippen molar-refractivity contribution in [2.45, 2.75) is 46.6 Å². The van der Waals surface area contributed by atoms with Gasteiger partial charge >= 0.3 is 0 Å². The van der Waals surface area contributed by atoms with Gasteiger partial charge in [-0.3, -0.25) is 9.48 Å². The second kappa shape index (κ2) is 5.96. The molecule has 0 aliphatic heterocycles. The van der Waals surface area contributed by atoms with Crippen LogP contribution >= 0.6 is 0 Å². The Bertz CT molecular complexity index is 358. The average Bonchev–Trinajstić information content (AvgIpc) is 2.81. The minimum Gasteiger partial charge on any atom is -0.329 e. The summed E-state index contributed by atoms with van der Waals surface area (Å²) in [5.41, 5.74) is 6.06. The van der Waals surface area contributed by atoms with Gasteiger partial charge in [-0.15, -0.1) is 0 Å². The van der Waals surface area contributed by atoms with Crippen molar-refractivity contribution in [3.05, 3.63) is 18.0 Å². The van der Waals surface area contributed by atoms with Crippen LogP contribution < -0.4 is 5.73 Å². The van der Waals surface area contributed by atoms with Crippen LogP contribution in [0.25, 0.3) is 0 Å². The van der Waals surface area contributed by atoms with Gasteiger partial charge in [0, 0.05) is 24.7 Å². The predicted octanol–water partition coefficient (Wildman–Crippen LogP) is 2.24. The topological polar surface area (TPSA) is 60.9 Å². The van der Waals surface area contributed by atoms with Gasteiger partial charge < -0.3 is 5.73 Å². The molecule has 2 N–H and O–H groups in total. The minimum absolute atomic E-state index is 0.132. The number of aryl methyl sites for hydroxylation is 1. The molecule has 0 amide bonds. The number of ketones is 1. The van der Waals surface area contributed by atoms with Crippen LogP contribution in [0, 0.1) is 5.41 Å². The van der Waals surface area contributed by atoms with E-state index in [9.17, 15) is 4.79 Å². The maximum absolute atomic E-state index is 12.4. The predicted molar refractivity (Wildman–Crippen MR) is 68.9 cm³/mol. The Morgan fingerprint density at radius 2 is 2.06 bits per heavy atom. The van der Waals surface area contributed by atoms with Gasteiger partial charge in [0.15, 0.2) is 5.78 Å². The quantitative estimate of drug-likeness (QED) is 0.740. The molecule has 0 radical (unpaired) electrons. The molecule has 0 saturated carbocycles. The zero-order chi connectivity index (χ0) is 12.9. The number of hydrogen-bond acceptors (Lipinski definition) is 3. The molecule has 96 valence electrons. The molecule has 0 atom stereocenters. The van der Waals surface area contributed by atoms with E-state index in [1.165, 1.54) is 0 Å². The number of carbonyl (C=O) groups is 1. The minimum atomic E-state index is -0.417. The number of Topliss-reactive ketones (excluding diaryl/α,β-unsaturated/α-hetero) is 1. The van der Waals surface area contributed by atoms with Gasteiger partial charge in [-0.1, -0.05) is 20.8 Å². The highest BCUT2D eigenvalue weighted by Crippen LogP contribution is 2.29. The van der Waals surface area contributed by atoms with Gasteiger partial charge in [-0.25, -0.2) is 0 Å². The van der Waals surface area contributed by atoms with Crippen LogP contribution in [0.1, 0.15) is 50.4 Å². The van der Waals surface area contributed by atoms with Crippen molar-refractivity contribution < 1.29 is 4.79 Å². The van der Waals surface area contributed by atoms with Gasteiger partial charge in [0.05, 0.1) is 11.8 Å². The Kier molecular flexibility index (Phi) is 4.87. The Labute approximate surface area is 103 Å². The maximum atomic E-state index is 12.4. The molecule has 0 aliphatic carbocycles. The fourth-order valence-corrected chi connectivity index (χ4v) is 2.09. The highest BCUT2D eigenvalue weighted by Gasteiger charge is 2.34. The molecule has 0 aromatic carbocycles. The third kappa shape index (κ3) is 2.75. The van der Waals surface area contributed by atoms with Crippen LogP contribution in [0.2, 0.25) is 0 Å². The lowest BCUT2D eigenvalue weighted by Gasteiger charge is -2.27. The first-order valence-electron chi connectivity index (χ1n) is 6.40. The second-order valence-corrected chi connectivity index (χ2v) is 4.51. The Balaban J connectivity index is 2.93. The van der Waals surface area contributed by atoms with E-state index in [0.717, 1.165) is 25.8 Å². The number of rotatable bonds is 7. The van der Waals surface area contributed by atoms with Crippen LogP contribution in [0.5, 0.6) is 0 Å². The number of nitrogens with zero attached hydrogens (tertiary/aromatic N) is 2. The summed E-state index contributed by atoms with van der Waals surface area (Å²) < 4.78 is 1.82. The second-order valence-electron chi connectivity index (χ2n) is 4.51. The molecule has 4 heteroatoms. The zero-order valence-corrected chi connectivity index (χ0v) is 11.1. The molecule has 0 aliphatic rings. The summed E-state index contributed by atoms with van der Waals surface area (Å²) in [4.78, 5) is 12.4. The summed E-state index contributed by atoms with van der Waals surface area (Å²) in [5, 5.41) is 4.20. The fourth-order valence-electron chi connectivity index (χ4n) is 2.09. The summed E-state index contributed by atoms with van der Waals surface area (Å²) in [5.74, 6) is 0.132. The first-order chi connectivity index (χ1) is 8.13. The first kappa shape index (κ1) is 13.9. The molecule has 0 unspecified atom stereocenters. The van der Waals surface area contributed by atoms with Gasteiger partial charge in [-0.2, -0.15) is 5.10 Å². The molecule has 0 saturated heterocycles. The molecule has 1 rings (SSSR count). The van der Waals surface area contributed by atoms with Gasteiger partial charge in [0.1, 0.15) is 0 Å². The molecule has 0 bridgehead atoms. The lowest BCUT2D eigenvalue weighted by atomic mass is 9.76.